The fourth-order valence-corrected chi connectivity index (χ4v) is 3.48. The molecule has 4 rings (SSSR count). The molecule has 3 aromatic rings. The molecular formula is C26H30Cl2N4O2. The summed E-state index contributed by atoms with van der Waals surface area (Å²) >= 11 is 11.4. The molecule has 0 spiro atoms. The van der Waals surface area contributed by atoms with E-state index in [4.69, 9.17) is 28.9 Å². The highest BCUT2D eigenvalue weighted by Crippen LogP contribution is 2.19. The molecule has 1 aliphatic rings. The second-order valence-electron chi connectivity index (χ2n) is 6.99. The Hall–Kier alpha value is -3.27. The van der Waals surface area contributed by atoms with Crippen molar-refractivity contribution in [3.8, 4) is 11.8 Å². The van der Waals surface area contributed by atoms with E-state index >= 15 is 0 Å². The van der Waals surface area contributed by atoms with E-state index in [0.29, 0.717) is 34.8 Å². The SMILES string of the molecule is C.C.CC#CCn1c(N)nc2c(c1=O)CN(C(=O)c1ccc(Cl)cc1)CC2.Clc1ccccc1. The number of aromatic nitrogens is 2. The summed E-state index contributed by atoms with van der Waals surface area (Å²) in [5, 5.41) is 1.36. The van der Waals surface area contributed by atoms with Gasteiger partial charge in [0.1, 0.15) is 0 Å². The fourth-order valence-electron chi connectivity index (χ4n) is 3.21. The van der Waals surface area contributed by atoms with E-state index in [-0.39, 0.29) is 45.4 Å². The third kappa shape index (κ3) is 7.11. The zero-order valence-electron chi connectivity index (χ0n) is 17.5. The molecule has 1 aromatic heterocycles. The van der Waals surface area contributed by atoms with Gasteiger partial charge in [-0.1, -0.05) is 62.2 Å². The molecule has 0 fully saturated rings. The van der Waals surface area contributed by atoms with Gasteiger partial charge in [-0.3, -0.25) is 14.2 Å². The number of amides is 1. The first-order valence-corrected chi connectivity index (χ1v) is 10.7. The van der Waals surface area contributed by atoms with Crippen LogP contribution in [0.5, 0.6) is 0 Å². The van der Waals surface area contributed by atoms with E-state index in [2.05, 4.69) is 16.8 Å². The number of carbonyl (C=O) groups is 1. The molecule has 6 nitrogen and oxygen atoms in total. The molecule has 2 N–H and O–H groups in total. The molecule has 2 aromatic carbocycles. The lowest BCUT2D eigenvalue weighted by Gasteiger charge is -2.28. The van der Waals surface area contributed by atoms with Crippen LogP contribution >= 0.6 is 23.2 Å². The van der Waals surface area contributed by atoms with Crippen molar-refractivity contribution in [2.24, 2.45) is 0 Å². The number of rotatable bonds is 2. The lowest BCUT2D eigenvalue weighted by atomic mass is 10.1. The molecule has 8 heteroatoms. The Kier molecular flexibility index (Phi) is 11.4. The highest BCUT2D eigenvalue weighted by molar-refractivity contribution is 6.30. The summed E-state index contributed by atoms with van der Waals surface area (Å²) in [7, 11) is 0. The van der Waals surface area contributed by atoms with Crippen molar-refractivity contribution in [3.05, 3.63) is 91.8 Å². The van der Waals surface area contributed by atoms with Gasteiger partial charge in [-0.05, 0) is 43.3 Å². The number of anilines is 1. The number of nitrogens with zero attached hydrogens (tertiary/aromatic N) is 3. The van der Waals surface area contributed by atoms with Crippen LogP contribution in [0.1, 0.15) is 43.4 Å². The summed E-state index contributed by atoms with van der Waals surface area (Å²) in [6.45, 7) is 2.58. The maximum Gasteiger partial charge on any atom is 0.261 e. The predicted octanol–water partition coefficient (Wildman–Crippen LogP) is 5.31. The van der Waals surface area contributed by atoms with Gasteiger partial charge < -0.3 is 10.6 Å². The van der Waals surface area contributed by atoms with Crippen LogP contribution in [-0.2, 0) is 19.5 Å². The fraction of sp³-hybridized carbons (Fsp3) is 0.269. The predicted molar refractivity (Wildman–Crippen MR) is 141 cm³/mol. The molecule has 2 heterocycles. The van der Waals surface area contributed by atoms with Crippen LogP contribution in [0.3, 0.4) is 0 Å². The van der Waals surface area contributed by atoms with E-state index < -0.39 is 0 Å². The summed E-state index contributed by atoms with van der Waals surface area (Å²) in [6, 6.07) is 16.1. The number of nitrogen functional groups attached to an aromatic ring is 1. The van der Waals surface area contributed by atoms with Gasteiger partial charge in [0.15, 0.2) is 0 Å². The number of hydrogen-bond acceptors (Lipinski definition) is 4. The quantitative estimate of drug-likeness (QED) is 0.483. The first-order chi connectivity index (χ1) is 15.4. The van der Waals surface area contributed by atoms with Crippen molar-refractivity contribution in [1.29, 1.82) is 0 Å². The average molecular weight is 501 g/mol. The van der Waals surface area contributed by atoms with E-state index in [1.807, 2.05) is 30.3 Å². The van der Waals surface area contributed by atoms with Gasteiger partial charge >= 0.3 is 0 Å². The maximum atomic E-state index is 12.7. The van der Waals surface area contributed by atoms with E-state index in [9.17, 15) is 9.59 Å². The lowest BCUT2D eigenvalue weighted by Crippen LogP contribution is -2.41. The third-order valence-electron chi connectivity index (χ3n) is 4.87. The van der Waals surface area contributed by atoms with Gasteiger partial charge in [0.25, 0.3) is 11.5 Å². The Bertz CT molecular complexity index is 1210. The first-order valence-electron chi connectivity index (χ1n) is 9.93. The van der Waals surface area contributed by atoms with Gasteiger partial charge in [0.05, 0.1) is 24.3 Å². The maximum absolute atomic E-state index is 12.7. The Morgan fingerprint density at radius 2 is 1.68 bits per heavy atom. The Labute approximate surface area is 211 Å². The van der Waals surface area contributed by atoms with Crippen LogP contribution in [0.15, 0.2) is 59.4 Å². The summed E-state index contributed by atoms with van der Waals surface area (Å²) < 4.78 is 1.34. The standard InChI is InChI=1S/C18H17ClN4O2.C6H5Cl.2CH4/c1-2-3-9-23-17(25)14-11-22(10-8-15(14)21-18(23)20)16(24)12-4-6-13(19)7-5-12;7-6-4-2-1-3-5-6;;/h4-7H,8-11H2,1H3,(H2,20,21);1-5H;2*1H4. The Morgan fingerprint density at radius 1 is 1.06 bits per heavy atom. The monoisotopic (exact) mass is 500 g/mol. The van der Waals surface area contributed by atoms with Gasteiger partial charge in [-0.2, -0.15) is 0 Å². The molecule has 0 aliphatic carbocycles. The summed E-state index contributed by atoms with van der Waals surface area (Å²) in [5.41, 5.74) is 7.33. The number of nitrogens with two attached hydrogens (primary N) is 1. The minimum atomic E-state index is -0.237. The summed E-state index contributed by atoms with van der Waals surface area (Å²) in [4.78, 5) is 31.3. The largest absolute Gasteiger partial charge is 0.369 e. The highest BCUT2D eigenvalue weighted by Gasteiger charge is 2.26. The molecule has 1 amide bonds. The molecular weight excluding hydrogens is 471 g/mol. The summed E-state index contributed by atoms with van der Waals surface area (Å²) in [6.07, 6.45) is 0.494. The number of carbonyl (C=O) groups excluding carboxylic acids is 1. The molecule has 0 bridgehead atoms. The second kappa shape index (κ2) is 13.4. The average Bonchev–Trinajstić information content (AvgIpc) is 2.80. The molecule has 180 valence electrons. The molecule has 0 saturated heterocycles. The first kappa shape index (κ1) is 28.8. The van der Waals surface area contributed by atoms with Crippen LogP contribution in [0.2, 0.25) is 10.0 Å². The van der Waals surface area contributed by atoms with Gasteiger partial charge in [0.2, 0.25) is 5.95 Å². The van der Waals surface area contributed by atoms with Crippen LogP contribution in [0.25, 0.3) is 0 Å². The van der Waals surface area contributed by atoms with Crippen LogP contribution in [0.4, 0.5) is 5.95 Å². The van der Waals surface area contributed by atoms with Gasteiger partial charge in [0, 0.05) is 28.6 Å². The van der Waals surface area contributed by atoms with Crippen LogP contribution in [0, 0.1) is 11.8 Å². The molecule has 0 unspecified atom stereocenters. The van der Waals surface area contributed by atoms with Crippen molar-refractivity contribution in [1.82, 2.24) is 14.5 Å². The van der Waals surface area contributed by atoms with Crippen molar-refractivity contribution >= 4 is 35.1 Å². The van der Waals surface area contributed by atoms with Crippen molar-refractivity contribution in [2.75, 3.05) is 12.3 Å². The van der Waals surface area contributed by atoms with Crippen LogP contribution < -0.4 is 11.3 Å². The normalized spacial score (nSPS) is 11.3. The number of hydrogen-bond donors (Lipinski definition) is 1. The molecule has 1 aliphatic heterocycles. The smallest absolute Gasteiger partial charge is 0.261 e. The number of halogens is 2. The molecule has 0 radical (unpaired) electrons. The Balaban J connectivity index is 0.000000554. The van der Waals surface area contributed by atoms with Gasteiger partial charge in [-0.15, -0.1) is 5.92 Å². The van der Waals surface area contributed by atoms with Crippen molar-refractivity contribution < 1.29 is 4.79 Å². The molecule has 0 saturated carbocycles. The highest BCUT2D eigenvalue weighted by atomic mass is 35.5. The third-order valence-corrected chi connectivity index (χ3v) is 5.37. The summed E-state index contributed by atoms with van der Waals surface area (Å²) in [5.74, 6) is 5.57. The van der Waals surface area contributed by atoms with E-state index in [1.54, 1.807) is 36.1 Å². The number of benzene rings is 2. The van der Waals surface area contributed by atoms with E-state index in [0.717, 1.165) is 5.02 Å². The zero-order valence-corrected chi connectivity index (χ0v) is 19.0. The molecule has 0 atom stereocenters. The lowest BCUT2D eigenvalue weighted by molar-refractivity contribution is 0.0732. The number of fused-ring (bicyclic) bond motifs is 1. The zero-order chi connectivity index (χ0) is 23.1. The Morgan fingerprint density at radius 3 is 2.24 bits per heavy atom. The van der Waals surface area contributed by atoms with Crippen LogP contribution in [-0.4, -0.2) is 26.9 Å². The van der Waals surface area contributed by atoms with Crippen molar-refractivity contribution in [2.45, 2.75) is 41.3 Å². The second-order valence-corrected chi connectivity index (χ2v) is 7.87. The minimum absolute atomic E-state index is 0. The van der Waals surface area contributed by atoms with Crippen molar-refractivity contribution in [3.63, 3.8) is 0 Å². The minimum Gasteiger partial charge on any atom is -0.369 e. The van der Waals surface area contributed by atoms with E-state index in [1.165, 1.54) is 4.57 Å². The topological polar surface area (TPSA) is 81.2 Å². The van der Waals surface area contributed by atoms with Gasteiger partial charge in [-0.25, -0.2) is 4.98 Å². The molecule has 34 heavy (non-hydrogen) atoms.